The first kappa shape index (κ1) is 20.5. The number of aromatic nitrogens is 3. The number of nitrogens with zero attached hydrogens (tertiary/aromatic N) is 4. The monoisotopic (exact) mass is 540 g/mol. The normalized spacial score (nSPS) is 13.3. The van der Waals surface area contributed by atoms with Crippen molar-refractivity contribution in [2.45, 2.75) is 19.9 Å². The predicted molar refractivity (Wildman–Crippen MR) is 133 cm³/mol. The predicted octanol–water partition coefficient (Wildman–Crippen LogP) is 3.85. The summed E-state index contributed by atoms with van der Waals surface area (Å²) in [6.45, 7) is 2.46. The van der Waals surface area contributed by atoms with Crippen LogP contribution in [0.15, 0.2) is 61.1 Å². The lowest BCUT2D eigenvalue weighted by molar-refractivity contribution is 0.0848. The van der Waals surface area contributed by atoms with Crippen molar-refractivity contribution in [1.29, 1.82) is 0 Å². The molecule has 0 radical (unpaired) electrons. The number of fused-ring (bicyclic) bond motifs is 2. The topological polar surface area (TPSA) is 71.2 Å². The molecule has 0 spiro atoms. The van der Waals surface area contributed by atoms with Crippen LogP contribution in [0.1, 0.15) is 28.4 Å². The lowest BCUT2D eigenvalue weighted by atomic mass is 9.74. The standard InChI is InChI=1S/C22H18BIN4O2S/c1-2-14-11-15(20-18-9-10-28(31-24)21(18)26-13-25-20)7-8-16(14)12-27-22(29)17-5-3-4-6-19(17)23(27)30/h3-11,13,30H,2,12H2,1H3. The third-order valence-electron chi connectivity index (χ3n) is 5.75. The van der Waals surface area contributed by atoms with Gasteiger partial charge >= 0.3 is 7.05 Å². The molecule has 0 saturated heterocycles. The molecule has 154 valence electrons. The molecule has 31 heavy (non-hydrogen) atoms. The molecule has 0 bridgehead atoms. The van der Waals surface area contributed by atoms with Gasteiger partial charge in [0.1, 0.15) is 6.33 Å². The molecule has 0 atom stereocenters. The summed E-state index contributed by atoms with van der Waals surface area (Å²) in [5, 5.41) is 11.7. The zero-order valence-corrected chi connectivity index (χ0v) is 19.7. The van der Waals surface area contributed by atoms with Crippen molar-refractivity contribution in [1.82, 2.24) is 18.8 Å². The number of aryl methyl sites for hydroxylation is 1. The van der Waals surface area contributed by atoms with E-state index in [4.69, 9.17) is 0 Å². The summed E-state index contributed by atoms with van der Waals surface area (Å²) in [6, 6.07) is 15.5. The van der Waals surface area contributed by atoms with Crippen LogP contribution in [0.25, 0.3) is 22.3 Å². The van der Waals surface area contributed by atoms with Crippen LogP contribution >= 0.6 is 30.3 Å². The van der Waals surface area contributed by atoms with E-state index in [9.17, 15) is 9.82 Å². The second kappa shape index (κ2) is 8.29. The molecule has 2 aromatic heterocycles. The molecule has 2 aromatic carbocycles. The van der Waals surface area contributed by atoms with E-state index in [0.29, 0.717) is 17.6 Å². The Morgan fingerprint density at radius 2 is 1.97 bits per heavy atom. The zero-order valence-electron chi connectivity index (χ0n) is 16.7. The maximum absolute atomic E-state index is 12.8. The summed E-state index contributed by atoms with van der Waals surface area (Å²) in [4.78, 5) is 23.3. The van der Waals surface area contributed by atoms with Gasteiger partial charge in [0.15, 0.2) is 5.65 Å². The fraction of sp³-hybridized carbons (Fsp3) is 0.136. The third-order valence-corrected chi connectivity index (χ3v) is 7.47. The number of carbonyl (C=O) groups is 1. The maximum atomic E-state index is 12.8. The molecule has 5 rings (SSSR count). The summed E-state index contributed by atoms with van der Waals surface area (Å²) >= 11 is 2.23. The first-order valence-electron chi connectivity index (χ1n) is 9.93. The van der Waals surface area contributed by atoms with Crippen molar-refractivity contribution < 1.29 is 9.82 Å². The van der Waals surface area contributed by atoms with Crippen molar-refractivity contribution in [3.05, 3.63) is 77.7 Å². The van der Waals surface area contributed by atoms with Gasteiger partial charge < -0.3 is 9.83 Å². The van der Waals surface area contributed by atoms with Gasteiger partial charge in [-0.05, 0) is 41.2 Å². The smallest absolute Gasteiger partial charge is 0.428 e. The van der Waals surface area contributed by atoms with Crippen LogP contribution < -0.4 is 5.46 Å². The van der Waals surface area contributed by atoms with Crippen molar-refractivity contribution in [3.63, 3.8) is 0 Å². The fourth-order valence-corrected chi connectivity index (χ4v) is 5.43. The van der Waals surface area contributed by atoms with Crippen LogP contribution in [0.4, 0.5) is 0 Å². The minimum absolute atomic E-state index is 0.135. The van der Waals surface area contributed by atoms with E-state index in [-0.39, 0.29) is 5.91 Å². The minimum atomic E-state index is -0.917. The first-order chi connectivity index (χ1) is 15.1. The summed E-state index contributed by atoms with van der Waals surface area (Å²) in [5.41, 5.74) is 6.19. The minimum Gasteiger partial charge on any atom is -0.428 e. The highest BCUT2D eigenvalue weighted by molar-refractivity contribution is 14.2. The van der Waals surface area contributed by atoms with Gasteiger partial charge in [0.25, 0.3) is 0 Å². The fourth-order valence-electron chi connectivity index (χ4n) is 4.16. The van der Waals surface area contributed by atoms with Gasteiger partial charge in [0.2, 0.25) is 5.91 Å². The van der Waals surface area contributed by atoms with Crippen LogP contribution in [0.3, 0.4) is 0 Å². The summed E-state index contributed by atoms with van der Waals surface area (Å²) in [6.07, 6.45) is 4.40. The van der Waals surface area contributed by atoms with E-state index >= 15 is 0 Å². The van der Waals surface area contributed by atoms with Crippen LogP contribution in [0.5, 0.6) is 0 Å². The summed E-state index contributed by atoms with van der Waals surface area (Å²) in [7, 11) is 0.651. The molecular formula is C22H18BIN4O2S. The second-order valence-corrected chi connectivity index (χ2v) is 9.11. The maximum Gasteiger partial charge on any atom is 0.452 e. The Kier molecular flexibility index (Phi) is 5.49. The van der Waals surface area contributed by atoms with E-state index in [1.165, 1.54) is 4.81 Å². The van der Waals surface area contributed by atoms with E-state index in [1.807, 2.05) is 46.6 Å². The van der Waals surface area contributed by atoms with Crippen LogP contribution in [-0.2, 0) is 13.0 Å². The average Bonchev–Trinajstić information content (AvgIpc) is 3.34. The highest BCUT2D eigenvalue weighted by Gasteiger charge is 2.39. The number of hydrogen-bond acceptors (Lipinski definition) is 5. The van der Waals surface area contributed by atoms with Gasteiger partial charge in [-0.1, -0.05) is 37.3 Å². The van der Waals surface area contributed by atoms with E-state index in [2.05, 4.69) is 44.2 Å². The second-order valence-electron chi connectivity index (χ2n) is 7.40. The van der Waals surface area contributed by atoms with Gasteiger partial charge in [-0.3, -0.25) is 8.77 Å². The molecule has 0 aliphatic carbocycles. The molecule has 1 aliphatic rings. The van der Waals surface area contributed by atoms with Gasteiger partial charge in [0, 0.05) is 59.6 Å². The van der Waals surface area contributed by atoms with Crippen molar-refractivity contribution >= 4 is 59.8 Å². The van der Waals surface area contributed by atoms with Gasteiger partial charge in [0.05, 0.1) is 5.69 Å². The Bertz CT molecular complexity index is 1310. The Morgan fingerprint density at radius 1 is 1.13 bits per heavy atom. The molecule has 3 heterocycles. The third kappa shape index (κ3) is 3.44. The lowest BCUT2D eigenvalue weighted by Crippen LogP contribution is -2.43. The van der Waals surface area contributed by atoms with Crippen LogP contribution in [0, 0.1) is 0 Å². The molecule has 0 fully saturated rings. The number of halogens is 1. The number of amides is 1. The van der Waals surface area contributed by atoms with E-state index < -0.39 is 7.05 Å². The summed E-state index contributed by atoms with van der Waals surface area (Å²) in [5.74, 6) is -0.135. The van der Waals surface area contributed by atoms with Crippen LogP contribution in [0.2, 0.25) is 0 Å². The van der Waals surface area contributed by atoms with Crippen molar-refractivity contribution in [2.75, 3.05) is 0 Å². The number of benzene rings is 2. The van der Waals surface area contributed by atoms with E-state index in [0.717, 1.165) is 39.8 Å². The SMILES string of the molecule is CCc1cc(-c2ncnc3c2ccn3SI)ccc1CN1B(O)c2ccccc2C1=O. The highest BCUT2D eigenvalue weighted by atomic mass is 127. The van der Waals surface area contributed by atoms with Gasteiger partial charge in [-0.2, -0.15) is 0 Å². The number of carbonyl (C=O) groups excluding carboxylic acids is 1. The van der Waals surface area contributed by atoms with Gasteiger partial charge in [-0.15, -0.1) is 0 Å². The molecule has 1 amide bonds. The molecule has 1 aliphatic heterocycles. The molecule has 9 heteroatoms. The largest absolute Gasteiger partial charge is 0.452 e. The van der Waals surface area contributed by atoms with Gasteiger partial charge in [-0.25, -0.2) is 9.97 Å². The van der Waals surface area contributed by atoms with E-state index in [1.54, 1.807) is 21.5 Å². The Hall–Kier alpha value is -2.37. The number of hydrogen-bond donors (Lipinski definition) is 1. The molecule has 0 saturated carbocycles. The highest BCUT2D eigenvalue weighted by Crippen LogP contribution is 2.31. The Morgan fingerprint density at radius 3 is 2.74 bits per heavy atom. The van der Waals surface area contributed by atoms with Crippen molar-refractivity contribution in [2.24, 2.45) is 0 Å². The first-order valence-corrected chi connectivity index (χ1v) is 13.2. The average molecular weight is 540 g/mol. The van der Waals surface area contributed by atoms with Crippen LogP contribution in [-0.4, -0.2) is 36.7 Å². The zero-order chi connectivity index (χ0) is 21.5. The summed E-state index contributed by atoms with van der Waals surface area (Å²) < 4.78 is 2.01. The molecule has 4 aromatic rings. The van der Waals surface area contributed by atoms with Crippen molar-refractivity contribution in [3.8, 4) is 11.3 Å². The Labute approximate surface area is 196 Å². The molecule has 1 N–H and O–H groups in total. The molecule has 0 unspecified atom stereocenters. The number of rotatable bonds is 5. The molecular weight excluding hydrogens is 522 g/mol. The lowest BCUT2D eigenvalue weighted by Gasteiger charge is -2.21. The quantitative estimate of drug-likeness (QED) is 0.308. The Balaban J connectivity index is 1.50. The molecule has 6 nitrogen and oxygen atoms in total.